The summed E-state index contributed by atoms with van der Waals surface area (Å²) >= 11 is 0. The molecule has 0 aromatic rings. The monoisotopic (exact) mass is 526 g/mol. The van der Waals surface area contributed by atoms with Crippen LogP contribution in [0.5, 0.6) is 0 Å². The molecule has 1 nitrogen and oxygen atoms in total. The van der Waals surface area contributed by atoms with Gasteiger partial charge in [-0.1, -0.05) is 45.4 Å². The number of halogens is 15. The van der Waals surface area contributed by atoms with Crippen molar-refractivity contribution in [1.82, 2.24) is 0 Å². The molecule has 1 N–H and O–H groups in total. The molecule has 0 saturated carbocycles. The summed E-state index contributed by atoms with van der Waals surface area (Å²) < 4.78 is 198. The smallest absolute Gasteiger partial charge is 0.384 e. The van der Waals surface area contributed by atoms with Gasteiger partial charge in [0, 0.05) is 0 Å². The summed E-state index contributed by atoms with van der Waals surface area (Å²) in [6.07, 6.45) is -7.44. The third-order valence-corrected chi connectivity index (χ3v) is 5.02. The van der Waals surface area contributed by atoms with E-state index < -0.39 is 60.2 Å². The zero-order valence-electron chi connectivity index (χ0n) is 17.1. The number of hydrogen-bond acceptors (Lipinski definition) is 1. The first-order valence-corrected chi connectivity index (χ1v) is 9.37. The second-order valence-electron chi connectivity index (χ2n) is 7.74. The molecular formula is C17H21F15O. The number of rotatable bonds is 13. The Morgan fingerprint density at radius 1 is 0.455 bits per heavy atom. The van der Waals surface area contributed by atoms with Gasteiger partial charge in [-0.05, 0) is 13.3 Å². The van der Waals surface area contributed by atoms with Crippen molar-refractivity contribution in [1.29, 1.82) is 0 Å². The van der Waals surface area contributed by atoms with E-state index in [2.05, 4.69) is 0 Å². The molecule has 0 heterocycles. The summed E-state index contributed by atoms with van der Waals surface area (Å²) in [7, 11) is 0. The van der Waals surface area contributed by atoms with Crippen molar-refractivity contribution in [2.45, 2.75) is 106 Å². The lowest BCUT2D eigenvalue weighted by molar-refractivity contribution is -0.459. The Balaban J connectivity index is 6.11. The highest BCUT2D eigenvalue weighted by Gasteiger charge is 2.94. The van der Waals surface area contributed by atoms with Gasteiger partial charge in [0.15, 0.2) is 0 Å². The highest BCUT2D eigenvalue weighted by molar-refractivity contribution is 5.15. The van der Waals surface area contributed by atoms with Crippen molar-refractivity contribution in [3.63, 3.8) is 0 Å². The van der Waals surface area contributed by atoms with E-state index in [0.717, 1.165) is 6.42 Å². The third-order valence-electron chi connectivity index (χ3n) is 5.02. The van der Waals surface area contributed by atoms with Crippen molar-refractivity contribution in [2.24, 2.45) is 0 Å². The first-order valence-electron chi connectivity index (χ1n) is 9.37. The van der Waals surface area contributed by atoms with Crippen LogP contribution in [0.3, 0.4) is 0 Å². The minimum absolute atomic E-state index is 0.0275. The predicted molar refractivity (Wildman–Crippen MR) is 84.4 cm³/mol. The summed E-state index contributed by atoms with van der Waals surface area (Å²) in [4.78, 5) is 0. The predicted octanol–water partition coefficient (Wildman–Crippen LogP) is 7.86. The lowest BCUT2D eigenvalue weighted by Crippen LogP contribution is -2.75. The standard InChI is InChI=1S/C17H21F15O/c1-3-4-5-6-7-8-9-10(2,33)11(18,19)12(20,21)13(22,23)14(24,25)15(26,27)16(28,29)17(30,31)32/h33H,3-9H2,1-2H3. The molecular weight excluding hydrogens is 505 g/mol. The van der Waals surface area contributed by atoms with Crippen LogP contribution < -0.4 is 0 Å². The van der Waals surface area contributed by atoms with Gasteiger partial charge in [0.25, 0.3) is 0 Å². The molecule has 33 heavy (non-hydrogen) atoms. The molecule has 200 valence electrons. The summed E-state index contributed by atoms with van der Waals surface area (Å²) in [6, 6.07) is 0. The molecule has 0 fully saturated rings. The molecule has 0 aromatic heterocycles. The van der Waals surface area contributed by atoms with E-state index in [1.807, 2.05) is 0 Å². The van der Waals surface area contributed by atoms with Crippen molar-refractivity contribution in [3.8, 4) is 0 Å². The molecule has 1 unspecified atom stereocenters. The second-order valence-corrected chi connectivity index (χ2v) is 7.74. The van der Waals surface area contributed by atoms with E-state index in [1.54, 1.807) is 6.92 Å². The van der Waals surface area contributed by atoms with Gasteiger partial charge in [0.1, 0.15) is 5.60 Å². The third kappa shape index (κ3) is 5.14. The molecule has 0 rings (SSSR count). The van der Waals surface area contributed by atoms with E-state index in [0.29, 0.717) is 19.3 Å². The molecule has 0 spiro atoms. The lowest BCUT2D eigenvalue weighted by Gasteiger charge is -2.44. The lowest BCUT2D eigenvalue weighted by atomic mass is 9.82. The van der Waals surface area contributed by atoms with E-state index >= 15 is 0 Å². The molecule has 0 amide bonds. The van der Waals surface area contributed by atoms with E-state index in [4.69, 9.17) is 0 Å². The van der Waals surface area contributed by atoms with Crippen LogP contribution in [0.4, 0.5) is 65.9 Å². The van der Waals surface area contributed by atoms with E-state index in [1.165, 1.54) is 0 Å². The Morgan fingerprint density at radius 2 is 0.758 bits per heavy atom. The fraction of sp³-hybridized carbons (Fsp3) is 1.00. The minimum Gasteiger partial charge on any atom is -0.384 e. The first kappa shape index (κ1) is 31.9. The average molecular weight is 526 g/mol. The number of hydrogen-bond donors (Lipinski definition) is 1. The number of alkyl halides is 15. The fourth-order valence-corrected chi connectivity index (χ4v) is 2.71. The molecule has 16 heteroatoms. The van der Waals surface area contributed by atoms with Crippen molar-refractivity contribution in [3.05, 3.63) is 0 Å². The Labute approximate surface area is 178 Å². The van der Waals surface area contributed by atoms with Crippen LogP contribution in [0.2, 0.25) is 0 Å². The van der Waals surface area contributed by atoms with Gasteiger partial charge < -0.3 is 5.11 Å². The largest absolute Gasteiger partial charge is 0.460 e. The maximum absolute atomic E-state index is 14.1. The molecule has 0 radical (unpaired) electrons. The zero-order valence-corrected chi connectivity index (χ0v) is 17.1. The van der Waals surface area contributed by atoms with Crippen LogP contribution >= 0.6 is 0 Å². The maximum Gasteiger partial charge on any atom is 0.460 e. The SMILES string of the molecule is CCCCCCCCC(C)(O)C(F)(F)C(F)(F)C(F)(F)C(F)(F)C(F)(F)C(F)(F)C(F)(F)F. The molecule has 0 aliphatic carbocycles. The normalized spacial score (nSPS) is 17.3. The highest BCUT2D eigenvalue weighted by atomic mass is 19.4. The Bertz CT molecular complexity index is 637. The Morgan fingerprint density at radius 3 is 1.12 bits per heavy atom. The van der Waals surface area contributed by atoms with Gasteiger partial charge in [0.05, 0.1) is 0 Å². The summed E-state index contributed by atoms with van der Waals surface area (Å²) in [5.74, 6) is -47.2. The van der Waals surface area contributed by atoms with E-state index in [-0.39, 0.29) is 13.3 Å². The quantitative estimate of drug-likeness (QED) is 0.191. The molecule has 1 atom stereocenters. The van der Waals surface area contributed by atoms with E-state index in [9.17, 15) is 71.0 Å². The van der Waals surface area contributed by atoms with Crippen LogP contribution in [0.25, 0.3) is 0 Å². The van der Waals surface area contributed by atoms with Crippen LogP contribution in [0, 0.1) is 0 Å². The summed E-state index contributed by atoms with van der Waals surface area (Å²) in [5, 5.41) is 9.58. The molecule has 0 saturated heterocycles. The van der Waals surface area contributed by atoms with Crippen LogP contribution in [-0.4, -0.2) is 52.4 Å². The van der Waals surface area contributed by atoms with Crippen molar-refractivity contribution in [2.75, 3.05) is 0 Å². The van der Waals surface area contributed by atoms with Crippen molar-refractivity contribution >= 4 is 0 Å². The topological polar surface area (TPSA) is 20.2 Å². The summed E-state index contributed by atoms with van der Waals surface area (Å²) in [5.41, 5.74) is -4.26. The average Bonchev–Trinajstić information content (AvgIpc) is 2.62. The summed E-state index contributed by atoms with van der Waals surface area (Å²) in [6.45, 7) is 1.57. The number of aliphatic hydroxyl groups is 1. The zero-order chi connectivity index (χ0) is 26.9. The van der Waals surface area contributed by atoms with Gasteiger partial charge >= 0.3 is 41.7 Å². The number of unbranched alkanes of at least 4 members (excludes halogenated alkanes) is 5. The van der Waals surface area contributed by atoms with Gasteiger partial charge in [-0.3, -0.25) is 0 Å². The van der Waals surface area contributed by atoms with Gasteiger partial charge in [-0.25, -0.2) is 0 Å². The Kier molecular flexibility index (Phi) is 9.20. The van der Waals surface area contributed by atoms with Crippen LogP contribution in [0.15, 0.2) is 0 Å². The minimum atomic E-state index is -8.35. The Hall–Kier alpha value is -1.09. The van der Waals surface area contributed by atoms with Gasteiger partial charge in [-0.15, -0.1) is 0 Å². The molecule has 0 aromatic carbocycles. The van der Waals surface area contributed by atoms with Gasteiger partial charge in [0.2, 0.25) is 0 Å². The fourth-order valence-electron chi connectivity index (χ4n) is 2.71. The highest BCUT2D eigenvalue weighted by Crippen LogP contribution is 2.63. The molecule has 0 bridgehead atoms. The van der Waals surface area contributed by atoms with Crippen LogP contribution in [0.1, 0.15) is 58.8 Å². The molecule has 0 aliphatic heterocycles. The van der Waals surface area contributed by atoms with Crippen LogP contribution in [-0.2, 0) is 0 Å². The van der Waals surface area contributed by atoms with Gasteiger partial charge in [-0.2, -0.15) is 65.9 Å². The maximum atomic E-state index is 14.1. The molecule has 0 aliphatic rings. The van der Waals surface area contributed by atoms with Crippen molar-refractivity contribution < 1.29 is 71.0 Å². The first-order chi connectivity index (χ1) is 14.3. The second kappa shape index (κ2) is 9.51.